The maximum Gasteiger partial charge on any atom is 0.273 e. The number of para-hydroxylation sites is 1. The van der Waals surface area contributed by atoms with Crippen molar-refractivity contribution in [3.05, 3.63) is 48.4 Å². The quantitative estimate of drug-likeness (QED) is 0.763. The summed E-state index contributed by atoms with van der Waals surface area (Å²) in [7, 11) is 0. The molecule has 132 valence electrons. The summed E-state index contributed by atoms with van der Waals surface area (Å²) >= 11 is 0. The van der Waals surface area contributed by atoms with Crippen molar-refractivity contribution in [2.24, 2.45) is 0 Å². The van der Waals surface area contributed by atoms with Crippen LogP contribution in [-0.2, 0) is 0 Å². The van der Waals surface area contributed by atoms with Crippen molar-refractivity contribution in [1.82, 2.24) is 20.2 Å². The van der Waals surface area contributed by atoms with Crippen LogP contribution < -0.4 is 16.0 Å². The Balaban J connectivity index is 1.35. The Kier molecular flexibility index (Phi) is 5.79. The van der Waals surface area contributed by atoms with Gasteiger partial charge < -0.3 is 16.0 Å². The molecule has 7 nitrogen and oxygen atoms in total. The van der Waals surface area contributed by atoms with Crippen molar-refractivity contribution in [1.29, 1.82) is 0 Å². The molecule has 0 spiro atoms. The van der Waals surface area contributed by atoms with Crippen molar-refractivity contribution in [2.75, 3.05) is 49.9 Å². The molecule has 7 heteroatoms. The molecule has 2 aromatic rings. The van der Waals surface area contributed by atoms with Crippen LogP contribution in [-0.4, -0.2) is 60.0 Å². The minimum Gasteiger partial charge on any atom is -0.382 e. The third-order valence-electron chi connectivity index (χ3n) is 4.37. The summed E-state index contributed by atoms with van der Waals surface area (Å²) in [6, 6.07) is 10.5. The molecular weight excluding hydrogens is 316 g/mol. The van der Waals surface area contributed by atoms with E-state index >= 15 is 0 Å². The summed E-state index contributed by atoms with van der Waals surface area (Å²) in [4.78, 5) is 24.7. The van der Waals surface area contributed by atoms with Gasteiger partial charge in [-0.2, -0.15) is 0 Å². The predicted molar refractivity (Wildman–Crippen MR) is 98.5 cm³/mol. The van der Waals surface area contributed by atoms with E-state index in [1.165, 1.54) is 18.1 Å². The standard InChI is InChI=1S/C18H24N6O/c19-17-16(20-8-9-21-17)18(25)22-7-4-10-23-11-13-24(14-12-23)15-5-2-1-3-6-15/h1-3,5-6,8-9H,4,7,10-14H2,(H2,19,21)(H,22,25). The number of rotatable bonds is 6. The van der Waals surface area contributed by atoms with Crippen LogP contribution in [0.5, 0.6) is 0 Å². The number of nitrogens with zero attached hydrogens (tertiary/aromatic N) is 4. The van der Waals surface area contributed by atoms with E-state index in [-0.39, 0.29) is 17.4 Å². The number of nitrogen functional groups attached to an aromatic ring is 1. The fourth-order valence-electron chi connectivity index (χ4n) is 2.98. The molecule has 25 heavy (non-hydrogen) atoms. The molecule has 0 radical (unpaired) electrons. The lowest BCUT2D eigenvalue weighted by Crippen LogP contribution is -2.47. The monoisotopic (exact) mass is 340 g/mol. The number of hydrogen-bond acceptors (Lipinski definition) is 6. The van der Waals surface area contributed by atoms with Gasteiger partial charge in [0.2, 0.25) is 0 Å². The molecule has 3 N–H and O–H groups in total. The van der Waals surface area contributed by atoms with Crippen molar-refractivity contribution in [3.8, 4) is 0 Å². The maximum absolute atomic E-state index is 12.0. The number of anilines is 2. The molecule has 1 saturated heterocycles. The van der Waals surface area contributed by atoms with E-state index in [1.807, 2.05) is 6.07 Å². The van der Waals surface area contributed by atoms with Crippen LogP contribution in [0.4, 0.5) is 11.5 Å². The minimum absolute atomic E-state index is 0.164. The minimum atomic E-state index is -0.264. The first-order valence-electron chi connectivity index (χ1n) is 8.61. The Bertz CT molecular complexity index is 685. The zero-order valence-corrected chi connectivity index (χ0v) is 14.3. The molecule has 0 bridgehead atoms. The van der Waals surface area contributed by atoms with Gasteiger partial charge in [-0.05, 0) is 25.1 Å². The summed E-state index contributed by atoms with van der Waals surface area (Å²) in [5, 5.41) is 2.86. The van der Waals surface area contributed by atoms with Crippen LogP contribution >= 0.6 is 0 Å². The highest BCUT2D eigenvalue weighted by Gasteiger charge is 2.17. The molecule has 0 unspecified atom stereocenters. The summed E-state index contributed by atoms with van der Waals surface area (Å²) in [5.74, 6) is -0.100. The summed E-state index contributed by atoms with van der Waals surface area (Å²) in [6.07, 6.45) is 3.84. The Morgan fingerprint density at radius 2 is 1.80 bits per heavy atom. The van der Waals surface area contributed by atoms with Crippen LogP contribution in [0.15, 0.2) is 42.7 Å². The van der Waals surface area contributed by atoms with E-state index in [1.54, 1.807) is 0 Å². The van der Waals surface area contributed by atoms with Gasteiger partial charge in [0.25, 0.3) is 5.91 Å². The van der Waals surface area contributed by atoms with Gasteiger partial charge in [0, 0.05) is 50.8 Å². The fraction of sp³-hybridized carbons (Fsp3) is 0.389. The summed E-state index contributed by atoms with van der Waals surface area (Å²) < 4.78 is 0. The molecular formula is C18H24N6O. The lowest BCUT2D eigenvalue weighted by Gasteiger charge is -2.36. The Labute approximate surface area is 147 Å². The first-order chi connectivity index (χ1) is 12.2. The molecule has 1 aromatic carbocycles. The largest absolute Gasteiger partial charge is 0.382 e. The molecule has 1 aromatic heterocycles. The van der Waals surface area contributed by atoms with Crippen LogP contribution in [0.1, 0.15) is 16.9 Å². The molecule has 1 aliphatic rings. The number of nitrogens with two attached hydrogens (primary N) is 1. The van der Waals surface area contributed by atoms with E-state index in [2.05, 4.69) is 49.4 Å². The summed E-state index contributed by atoms with van der Waals surface area (Å²) in [5.41, 5.74) is 7.14. The normalized spacial score (nSPS) is 15.1. The van der Waals surface area contributed by atoms with Gasteiger partial charge in [-0.3, -0.25) is 9.69 Å². The zero-order valence-electron chi connectivity index (χ0n) is 14.3. The molecule has 3 rings (SSSR count). The van der Waals surface area contributed by atoms with Gasteiger partial charge in [-0.1, -0.05) is 18.2 Å². The smallest absolute Gasteiger partial charge is 0.273 e. The number of aromatic nitrogens is 2. The predicted octanol–water partition coefficient (Wildman–Crippen LogP) is 1.00. The number of amides is 1. The first-order valence-corrected chi connectivity index (χ1v) is 8.61. The lowest BCUT2D eigenvalue weighted by molar-refractivity contribution is 0.0947. The number of hydrogen-bond donors (Lipinski definition) is 2. The van der Waals surface area contributed by atoms with Crippen LogP contribution in [0, 0.1) is 0 Å². The van der Waals surface area contributed by atoms with Crippen LogP contribution in [0.2, 0.25) is 0 Å². The average Bonchev–Trinajstić information content (AvgIpc) is 2.66. The summed E-state index contributed by atoms with van der Waals surface area (Å²) in [6.45, 7) is 5.73. The Hall–Kier alpha value is -2.67. The highest BCUT2D eigenvalue weighted by Crippen LogP contribution is 2.15. The van der Waals surface area contributed by atoms with Crippen molar-refractivity contribution >= 4 is 17.4 Å². The first kappa shape index (κ1) is 17.2. The van der Waals surface area contributed by atoms with Crippen LogP contribution in [0.25, 0.3) is 0 Å². The van der Waals surface area contributed by atoms with Gasteiger partial charge in [-0.25, -0.2) is 9.97 Å². The number of benzene rings is 1. The zero-order chi connectivity index (χ0) is 17.5. The second-order valence-corrected chi connectivity index (χ2v) is 6.06. The SMILES string of the molecule is Nc1nccnc1C(=O)NCCCN1CCN(c2ccccc2)CC1. The van der Waals surface area contributed by atoms with Gasteiger partial charge in [-0.15, -0.1) is 0 Å². The Morgan fingerprint density at radius 1 is 1.08 bits per heavy atom. The molecule has 0 aliphatic carbocycles. The molecule has 1 amide bonds. The van der Waals surface area contributed by atoms with Crippen molar-refractivity contribution in [2.45, 2.75) is 6.42 Å². The van der Waals surface area contributed by atoms with Crippen molar-refractivity contribution in [3.63, 3.8) is 0 Å². The average molecular weight is 340 g/mol. The molecule has 2 heterocycles. The van der Waals surface area contributed by atoms with E-state index < -0.39 is 0 Å². The van der Waals surface area contributed by atoms with Crippen molar-refractivity contribution < 1.29 is 4.79 Å². The van der Waals surface area contributed by atoms with E-state index in [9.17, 15) is 4.79 Å². The second-order valence-electron chi connectivity index (χ2n) is 6.06. The maximum atomic E-state index is 12.0. The second kappa shape index (κ2) is 8.43. The van der Waals surface area contributed by atoms with E-state index in [0.717, 1.165) is 39.1 Å². The van der Waals surface area contributed by atoms with Gasteiger partial charge in [0.15, 0.2) is 11.5 Å². The Morgan fingerprint density at radius 3 is 2.52 bits per heavy atom. The number of piperazine rings is 1. The van der Waals surface area contributed by atoms with Gasteiger partial charge in [0.1, 0.15) is 0 Å². The third-order valence-corrected chi connectivity index (χ3v) is 4.37. The van der Waals surface area contributed by atoms with E-state index in [0.29, 0.717) is 6.54 Å². The highest BCUT2D eigenvalue weighted by molar-refractivity contribution is 5.96. The lowest BCUT2D eigenvalue weighted by atomic mass is 10.2. The van der Waals surface area contributed by atoms with Gasteiger partial charge >= 0.3 is 0 Å². The third kappa shape index (κ3) is 4.67. The molecule has 0 saturated carbocycles. The number of carbonyl (C=O) groups excluding carboxylic acids is 1. The highest BCUT2D eigenvalue weighted by atomic mass is 16.1. The molecule has 0 atom stereocenters. The molecule has 1 aliphatic heterocycles. The molecule has 1 fully saturated rings. The number of carbonyl (C=O) groups is 1. The van der Waals surface area contributed by atoms with Gasteiger partial charge in [0.05, 0.1) is 0 Å². The topological polar surface area (TPSA) is 87.4 Å². The fourth-order valence-corrected chi connectivity index (χ4v) is 2.98. The van der Waals surface area contributed by atoms with Crippen LogP contribution in [0.3, 0.4) is 0 Å². The van der Waals surface area contributed by atoms with E-state index in [4.69, 9.17) is 5.73 Å². The number of nitrogens with one attached hydrogen (secondary N) is 1.